The lowest BCUT2D eigenvalue weighted by Gasteiger charge is -2.07. The molecule has 0 saturated heterocycles. The molecule has 0 amide bonds. The van der Waals surface area contributed by atoms with Crippen molar-refractivity contribution in [2.75, 3.05) is 13.2 Å². The standard InChI is InChI=1S/C18H25NOS/c1-2-10-19-12-18-16(13-20-11-9-14-7-8-14)15-5-3-4-6-17(15)21-18/h3-6,14,19H,2,7-13H2,1H3. The van der Waals surface area contributed by atoms with Gasteiger partial charge in [-0.05, 0) is 36.8 Å². The molecule has 2 aromatic rings. The maximum absolute atomic E-state index is 5.96. The number of ether oxygens (including phenoxy) is 1. The molecule has 1 aromatic carbocycles. The average Bonchev–Trinajstić information content (AvgIpc) is 3.26. The normalized spacial score (nSPS) is 14.9. The van der Waals surface area contributed by atoms with Gasteiger partial charge in [-0.25, -0.2) is 0 Å². The molecule has 1 aromatic heterocycles. The van der Waals surface area contributed by atoms with Gasteiger partial charge in [0.25, 0.3) is 0 Å². The van der Waals surface area contributed by atoms with Crippen LogP contribution in [-0.4, -0.2) is 13.2 Å². The molecule has 3 rings (SSSR count). The minimum absolute atomic E-state index is 0.764. The third-order valence-electron chi connectivity index (χ3n) is 4.11. The lowest BCUT2D eigenvalue weighted by molar-refractivity contribution is 0.115. The summed E-state index contributed by atoms with van der Waals surface area (Å²) in [5.41, 5.74) is 1.40. The van der Waals surface area contributed by atoms with Crippen LogP contribution in [0, 0.1) is 5.92 Å². The van der Waals surface area contributed by atoms with Gasteiger partial charge in [-0.1, -0.05) is 38.0 Å². The number of hydrogen-bond donors (Lipinski definition) is 1. The second kappa shape index (κ2) is 7.39. The lowest BCUT2D eigenvalue weighted by Crippen LogP contribution is -2.14. The quantitative estimate of drug-likeness (QED) is 0.677. The van der Waals surface area contributed by atoms with Crippen LogP contribution in [0.15, 0.2) is 24.3 Å². The first kappa shape index (κ1) is 15.0. The Bertz CT molecular complexity index is 574. The highest BCUT2D eigenvalue weighted by Crippen LogP contribution is 2.34. The molecule has 1 N–H and O–H groups in total. The Morgan fingerprint density at radius 2 is 2.14 bits per heavy atom. The molecule has 21 heavy (non-hydrogen) atoms. The first-order chi connectivity index (χ1) is 10.4. The second-order valence-electron chi connectivity index (χ2n) is 5.96. The lowest BCUT2D eigenvalue weighted by atomic mass is 10.1. The summed E-state index contributed by atoms with van der Waals surface area (Å²) in [4.78, 5) is 1.44. The summed E-state index contributed by atoms with van der Waals surface area (Å²) in [6, 6.07) is 8.71. The van der Waals surface area contributed by atoms with Crippen molar-refractivity contribution in [2.24, 2.45) is 5.92 Å². The molecule has 1 aliphatic carbocycles. The van der Waals surface area contributed by atoms with Crippen molar-refractivity contribution in [1.82, 2.24) is 5.32 Å². The van der Waals surface area contributed by atoms with Crippen LogP contribution in [0.3, 0.4) is 0 Å². The molecular weight excluding hydrogens is 278 g/mol. The Morgan fingerprint density at radius 3 is 2.95 bits per heavy atom. The maximum Gasteiger partial charge on any atom is 0.0734 e. The molecule has 0 radical (unpaired) electrons. The molecule has 1 saturated carbocycles. The number of rotatable bonds is 9. The van der Waals surface area contributed by atoms with Crippen LogP contribution in [0.4, 0.5) is 0 Å². The number of thiophene rings is 1. The van der Waals surface area contributed by atoms with Crippen LogP contribution in [0.25, 0.3) is 10.1 Å². The SMILES string of the molecule is CCCNCc1sc2ccccc2c1COCCC1CC1. The fraction of sp³-hybridized carbons (Fsp3) is 0.556. The van der Waals surface area contributed by atoms with E-state index in [1.807, 2.05) is 11.3 Å². The van der Waals surface area contributed by atoms with Crippen LogP contribution in [0.2, 0.25) is 0 Å². The number of nitrogens with one attached hydrogen (secondary N) is 1. The van der Waals surface area contributed by atoms with Gasteiger partial charge in [-0.2, -0.15) is 0 Å². The zero-order valence-corrected chi connectivity index (χ0v) is 13.7. The van der Waals surface area contributed by atoms with E-state index in [4.69, 9.17) is 4.74 Å². The highest BCUT2D eigenvalue weighted by molar-refractivity contribution is 7.19. The highest BCUT2D eigenvalue weighted by Gasteiger charge is 2.20. The van der Waals surface area contributed by atoms with Crippen LogP contribution in [0.5, 0.6) is 0 Å². The zero-order chi connectivity index (χ0) is 14.5. The second-order valence-corrected chi connectivity index (χ2v) is 7.10. The van der Waals surface area contributed by atoms with Crippen molar-refractivity contribution in [3.05, 3.63) is 34.7 Å². The first-order valence-corrected chi connectivity index (χ1v) is 8.98. The topological polar surface area (TPSA) is 21.3 Å². The van der Waals surface area contributed by atoms with Gasteiger partial charge in [-0.15, -0.1) is 11.3 Å². The molecule has 1 fully saturated rings. The fourth-order valence-electron chi connectivity index (χ4n) is 2.66. The van der Waals surface area contributed by atoms with Gasteiger partial charge in [0.05, 0.1) is 6.61 Å². The largest absolute Gasteiger partial charge is 0.377 e. The van der Waals surface area contributed by atoms with Crippen molar-refractivity contribution in [3.8, 4) is 0 Å². The van der Waals surface area contributed by atoms with Crippen molar-refractivity contribution >= 4 is 21.4 Å². The predicted molar refractivity (Wildman–Crippen MR) is 90.8 cm³/mol. The van der Waals surface area contributed by atoms with Crippen LogP contribution in [-0.2, 0) is 17.9 Å². The van der Waals surface area contributed by atoms with Gasteiger partial charge < -0.3 is 10.1 Å². The van der Waals surface area contributed by atoms with Gasteiger partial charge >= 0.3 is 0 Å². The molecule has 0 atom stereocenters. The summed E-state index contributed by atoms with van der Waals surface area (Å²) in [5, 5.41) is 4.90. The van der Waals surface area contributed by atoms with Gasteiger partial charge in [-0.3, -0.25) is 0 Å². The molecule has 3 heteroatoms. The maximum atomic E-state index is 5.96. The van der Waals surface area contributed by atoms with Crippen molar-refractivity contribution in [3.63, 3.8) is 0 Å². The Kier molecular flexibility index (Phi) is 5.28. The van der Waals surface area contributed by atoms with Crippen molar-refractivity contribution in [2.45, 2.75) is 45.8 Å². The van der Waals surface area contributed by atoms with E-state index in [-0.39, 0.29) is 0 Å². The number of hydrogen-bond acceptors (Lipinski definition) is 3. The number of fused-ring (bicyclic) bond motifs is 1. The molecule has 0 aliphatic heterocycles. The average molecular weight is 303 g/mol. The Labute approximate surface area is 131 Å². The molecule has 2 nitrogen and oxygen atoms in total. The van der Waals surface area contributed by atoms with Crippen LogP contribution < -0.4 is 5.32 Å². The molecule has 0 unspecified atom stereocenters. The summed E-state index contributed by atoms with van der Waals surface area (Å²) < 4.78 is 7.34. The van der Waals surface area contributed by atoms with Crippen LogP contribution >= 0.6 is 11.3 Å². The van der Waals surface area contributed by atoms with E-state index in [9.17, 15) is 0 Å². The zero-order valence-electron chi connectivity index (χ0n) is 12.9. The minimum atomic E-state index is 0.764. The van der Waals surface area contributed by atoms with E-state index in [0.717, 1.165) is 32.2 Å². The summed E-state index contributed by atoms with van der Waals surface area (Å²) in [5.74, 6) is 0.954. The molecule has 114 valence electrons. The van der Waals surface area contributed by atoms with Crippen molar-refractivity contribution < 1.29 is 4.74 Å². The van der Waals surface area contributed by atoms with E-state index in [0.29, 0.717) is 0 Å². The monoisotopic (exact) mass is 303 g/mol. The summed E-state index contributed by atoms with van der Waals surface area (Å²) in [7, 11) is 0. The third-order valence-corrected chi connectivity index (χ3v) is 5.32. The van der Waals surface area contributed by atoms with Crippen molar-refractivity contribution in [1.29, 1.82) is 0 Å². The summed E-state index contributed by atoms with van der Waals surface area (Å²) in [6.45, 7) is 5.93. The summed E-state index contributed by atoms with van der Waals surface area (Å²) in [6.07, 6.45) is 5.25. The fourth-order valence-corrected chi connectivity index (χ4v) is 3.84. The molecule has 0 bridgehead atoms. The Balaban J connectivity index is 1.67. The molecule has 1 aliphatic rings. The molecular formula is C18H25NOS. The van der Waals surface area contributed by atoms with E-state index >= 15 is 0 Å². The number of benzene rings is 1. The van der Waals surface area contributed by atoms with Gasteiger partial charge in [0.1, 0.15) is 0 Å². The predicted octanol–water partition coefficient (Wildman–Crippen LogP) is 4.72. The summed E-state index contributed by atoms with van der Waals surface area (Å²) >= 11 is 1.91. The Hall–Kier alpha value is -0.900. The smallest absolute Gasteiger partial charge is 0.0734 e. The van der Waals surface area contributed by atoms with Gasteiger partial charge in [0.15, 0.2) is 0 Å². The van der Waals surface area contributed by atoms with E-state index in [2.05, 4.69) is 36.5 Å². The third kappa shape index (κ3) is 4.06. The van der Waals surface area contributed by atoms with E-state index in [1.165, 1.54) is 46.2 Å². The highest BCUT2D eigenvalue weighted by atomic mass is 32.1. The van der Waals surface area contributed by atoms with Crippen LogP contribution in [0.1, 0.15) is 43.0 Å². The minimum Gasteiger partial charge on any atom is -0.377 e. The van der Waals surface area contributed by atoms with Gasteiger partial charge in [0.2, 0.25) is 0 Å². The molecule has 1 heterocycles. The van der Waals surface area contributed by atoms with Gasteiger partial charge in [0, 0.05) is 28.3 Å². The molecule has 0 spiro atoms. The Morgan fingerprint density at radius 1 is 1.29 bits per heavy atom. The first-order valence-electron chi connectivity index (χ1n) is 8.16. The van der Waals surface area contributed by atoms with E-state index < -0.39 is 0 Å². The van der Waals surface area contributed by atoms with E-state index in [1.54, 1.807) is 0 Å².